The number of hydrogen-bond acceptors (Lipinski definition) is 3. The molecule has 1 rings (SSSR count). The fourth-order valence-corrected chi connectivity index (χ4v) is 1.77. The first kappa shape index (κ1) is 12.5. The van der Waals surface area contributed by atoms with Gasteiger partial charge in [0.05, 0.1) is 12.1 Å². The Balaban J connectivity index is 2.16. The predicted molar refractivity (Wildman–Crippen MR) is 59.4 cm³/mol. The molecule has 0 aromatic heterocycles. The summed E-state index contributed by atoms with van der Waals surface area (Å²) in [5.74, 6) is 0.396. The number of carbonyl (C=O) groups is 1. The van der Waals surface area contributed by atoms with Crippen LogP contribution >= 0.6 is 0 Å². The van der Waals surface area contributed by atoms with Gasteiger partial charge in [-0.05, 0) is 25.2 Å². The Morgan fingerprint density at radius 2 is 2.33 bits per heavy atom. The van der Waals surface area contributed by atoms with Gasteiger partial charge in [0.1, 0.15) is 0 Å². The fourth-order valence-electron chi connectivity index (χ4n) is 1.77. The van der Waals surface area contributed by atoms with Crippen LogP contribution in [0.15, 0.2) is 0 Å². The fraction of sp³-hybridized carbons (Fsp3) is 0.909. The lowest BCUT2D eigenvalue weighted by molar-refractivity contribution is -0.123. The van der Waals surface area contributed by atoms with Crippen molar-refractivity contribution in [1.29, 1.82) is 0 Å². The van der Waals surface area contributed by atoms with Crippen molar-refractivity contribution in [3.63, 3.8) is 0 Å². The van der Waals surface area contributed by atoms with Gasteiger partial charge in [-0.3, -0.25) is 4.79 Å². The van der Waals surface area contributed by atoms with Crippen LogP contribution < -0.4 is 11.1 Å². The Morgan fingerprint density at radius 1 is 1.60 bits per heavy atom. The number of carbonyl (C=O) groups excluding carboxylic acids is 1. The monoisotopic (exact) mass is 214 g/mol. The molecule has 0 bridgehead atoms. The van der Waals surface area contributed by atoms with Gasteiger partial charge in [0, 0.05) is 13.2 Å². The van der Waals surface area contributed by atoms with Crippen molar-refractivity contribution in [2.75, 3.05) is 13.2 Å². The van der Waals surface area contributed by atoms with E-state index >= 15 is 0 Å². The van der Waals surface area contributed by atoms with Gasteiger partial charge < -0.3 is 15.8 Å². The van der Waals surface area contributed by atoms with Crippen LogP contribution in [0.4, 0.5) is 0 Å². The highest BCUT2D eigenvalue weighted by molar-refractivity contribution is 5.81. The normalized spacial score (nSPS) is 23.1. The molecule has 0 aromatic rings. The van der Waals surface area contributed by atoms with E-state index in [9.17, 15) is 4.79 Å². The summed E-state index contributed by atoms with van der Waals surface area (Å²) < 4.78 is 5.41. The quantitative estimate of drug-likeness (QED) is 0.706. The highest BCUT2D eigenvalue weighted by atomic mass is 16.5. The van der Waals surface area contributed by atoms with Crippen molar-refractivity contribution >= 4 is 5.91 Å². The largest absolute Gasteiger partial charge is 0.376 e. The Kier molecular flexibility index (Phi) is 5.05. The van der Waals surface area contributed by atoms with Crippen LogP contribution in [0.25, 0.3) is 0 Å². The Morgan fingerprint density at radius 3 is 2.87 bits per heavy atom. The number of amides is 1. The zero-order valence-corrected chi connectivity index (χ0v) is 9.66. The van der Waals surface area contributed by atoms with E-state index in [1.54, 1.807) is 0 Å². The standard InChI is InChI=1S/C11H22N2O2/c1-8(2)6-10(12)11(14)13-7-9-4-3-5-15-9/h8-10H,3-7,12H2,1-2H3,(H,13,14). The molecule has 1 heterocycles. The lowest BCUT2D eigenvalue weighted by Gasteiger charge is -2.16. The zero-order valence-electron chi connectivity index (χ0n) is 9.66. The van der Waals surface area contributed by atoms with E-state index in [4.69, 9.17) is 10.5 Å². The molecular formula is C11H22N2O2. The van der Waals surface area contributed by atoms with Gasteiger partial charge in [-0.25, -0.2) is 0 Å². The van der Waals surface area contributed by atoms with E-state index in [1.165, 1.54) is 0 Å². The number of nitrogens with one attached hydrogen (secondary N) is 1. The minimum Gasteiger partial charge on any atom is -0.376 e. The van der Waals surface area contributed by atoms with Crippen LogP contribution in [0.2, 0.25) is 0 Å². The summed E-state index contributed by atoms with van der Waals surface area (Å²) in [7, 11) is 0. The smallest absolute Gasteiger partial charge is 0.237 e. The summed E-state index contributed by atoms with van der Waals surface area (Å²) in [6, 6.07) is -0.383. The summed E-state index contributed by atoms with van der Waals surface area (Å²) in [4.78, 5) is 11.5. The minimum absolute atomic E-state index is 0.0563. The molecule has 1 saturated heterocycles. The van der Waals surface area contributed by atoms with Gasteiger partial charge in [0.25, 0.3) is 0 Å². The second kappa shape index (κ2) is 6.08. The highest BCUT2D eigenvalue weighted by Crippen LogP contribution is 2.10. The van der Waals surface area contributed by atoms with Crippen molar-refractivity contribution in [2.24, 2.45) is 11.7 Å². The summed E-state index contributed by atoms with van der Waals surface area (Å²) >= 11 is 0. The summed E-state index contributed by atoms with van der Waals surface area (Å²) in [6.45, 7) is 5.55. The molecule has 1 amide bonds. The lowest BCUT2D eigenvalue weighted by Crippen LogP contribution is -2.43. The maximum Gasteiger partial charge on any atom is 0.237 e. The molecule has 1 aliphatic heterocycles. The molecule has 1 fully saturated rings. The molecule has 0 radical (unpaired) electrons. The van der Waals surface area contributed by atoms with Gasteiger partial charge in [-0.2, -0.15) is 0 Å². The molecule has 4 heteroatoms. The van der Waals surface area contributed by atoms with E-state index < -0.39 is 0 Å². The maximum absolute atomic E-state index is 11.5. The summed E-state index contributed by atoms with van der Waals surface area (Å²) in [5, 5.41) is 2.84. The van der Waals surface area contributed by atoms with Crippen LogP contribution in [0.1, 0.15) is 33.1 Å². The van der Waals surface area contributed by atoms with Gasteiger partial charge in [0.15, 0.2) is 0 Å². The molecule has 2 atom stereocenters. The van der Waals surface area contributed by atoms with Crippen LogP contribution in [-0.2, 0) is 9.53 Å². The highest BCUT2D eigenvalue weighted by Gasteiger charge is 2.19. The third kappa shape index (κ3) is 4.62. The zero-order chi connectivity index (χ0) is 11.3. The molecule has 1 aliphatic rings. The van der Waals surface area contributed by atoms with Gasteiger partial charge in [-0.15, -0.1) is 0 Å². The molecule has 0 spiro atoms. The SMILES string of the molecule is CC(C)CC(N)C(=O)NCC1CCCO1. The first-order chi connectivity index (χ1) is 7.09. The number of hydrogen-bond donors (Lipinski definition) is 2. The van der Waals surface area contributed by atoms with Crippen LogP contribution in [-0.4, -0.2) is 31.2 Å². The lowest BCUT2D eigenvalue weighted by atomic mass is 10.0. The third-order valence-corrected chi connectivity index (χ3v) is 2.59. The first-order valence-electron chi connectivity index (χ1n) is 5.74. The average molecular weight is 214 g/mol. The number of ether oxygens (including phenoxy) is 1. The Hall–Kier alpha value is -0.610. The molecule has 0 saturated carbocycles. The molecule has 4 nitrogen and oxygen atoms in total. The summed E-state index contributed by atoms with van der Waals surface area (Å²) in [5.41, 5.74) is 5.75. The predicted octanol–water partition coefficient (Wildman–Crippen LogP) is 0.655. The van der Waals surface area contributed by atoms with Crippen molar-refractivity contribution in [2.45, 2.75) is 45.3 Å². The molecular weight excluding hydrogens is 192 g/mol. The van der Waals surface area contributed by atoms with Gasteiger partial charge >= 0.3 is 0 Å². The summed E-state index contributed by atoms with van der Waals surface area (Å²) in [6.07, 6.45) is 3.07. The second-order valence-corrected chi connectivity index (χ2v) is 4.62. The topological polar surface area (TPSA) is 64.4 Å². The van der Waals surface area contributed by atoms with Gasteiger partial charge in [0.2, 0.25) is 5.91 Å². The van der Waals surface area contributed by atoms with Crippen LogP contribution in [0.5, 0.6) is 0 Å². The molecule has 2 unspecified atom stereocenters. The van der Waals surface area contributed by atoms with Crippen molar-refractivity contribution in [3.8, 4) is 0 Å². The number of nitrogens with two attached hydrogens (primary N) is 1. The third-order valence-electron chi connectivity index (χ3n) is 2.59. The van der Waals surface area contributed by atoms with Crippen LogP contribution in [0.3, 0.4) is 0 Å². The van der Waals surface area contributed by atoms with E-state index in [0.29, 0.717) is 12.5 Å². The average Bonchev–Trinajstić information content (AvgIpc) is 2.65. The Labute approximate surface area is 91.5 Å². The van der Waals surface area contributed by atoms with Crippen LogP contribution in [0, 0.1) is 5.92 Å². The Bertz CT molecular complexity index is 201. The van der Waals surface area contributed by atoms with Crippen molar-refractivity contribution < 1.29 is 9.53 Å². The second-order valence-electron chi connectivity index (χ2n) is 4.62. The number of rotatable bonds is 5. The van der Waals surface area contributed by atoms with Crippen molar-refractivity contribution in [1.82, 2.24) is 5.32 Å². The van der Waals surface area contributed by atoms with Crippen molar-refractivity contribution in [3.05, 3.63) is 0 Å². The molecule has 0 aromatic carbocycles. The molecule has 3 N–H and O–H groups in total. The molecule has 0 aliphatic carbocycles. The van der Waals surface area contributed by atoms with E-state index in [2.05, 4.69) is 19.2 Å². The maximum atomic E-state index is 11.5. The molecule has 88 valence electrons. The first-order valence-corrected chi connectivity index (χ1v) is 5.74. The minimum atomic E-state index is -0.383. The van der Waals surface area contributed by atoms with Gasteiger partial charge in [-0.1, -0.05) is 13.8 Å². The van der Waals surface area contributed by atoms with E-state index in [1.807, 2.05) is 0 Å². The molecule has 15 heavy (non-hydrogen) atoms. The van der Waals surface area contributed by atoms with E-state index in [0.717, 1.165) is 25.9 Å². The van der Waals surface area contributed by atoms with E-state index in [-0.39, 0.29) is 18.1 Å².